The van der Waals surface area contributed by atoms with Crippen LogP contribution in [0.3, 0.4) is 0 Å². The van der Waals surface area contributed by atoms with E-state index in [-0.39, 0.29) is 57.4 Å². The van der Waals surface area contributed by atoms with Crippen LogP contribution in [0.5, 0.6) is 0 Å². The van der Waals surface area contributed by atoms with Crippen LogP contribution >= 0.6 is 0 Å². The smallest absolute Gasteiger partial charge is 0.315 e. The van der Waals surface area contributed by atoms with E-state index in [1.165, 1.54) is 25.7 Å². The van der Waals surface area contributed by atoms with Gasteiger partial charge in [-0.3, -0.25) is 19.3 Å². The Morgan fingerprint density at radius 3 is 2.27 bits per heavy atom. The van der Waals surface area contributed by atoms with E-state index in [0.717, 1.165) is 70.3 Å². The fraction of sp³-hybridized carbons (Fsp3) is 0.854. The Hall–Kier alpha value is -2.66. The normalized spacial score (nSPS) is 33.5. The summed E-state index contributed by atoms with van der Waals surface area (Å²) in [5, 5.41) is 13.2. The summed E-state index contributed by atoms with van der Waals surface area (Å²) in [5.41, 5.74) is 6.92. The van der Waals surface area contributed by atoms with Crippen molar-refractivity contribution in [3.8, 4) is 0 Å². The van der Waals surface area contributed by atoms with Crippen LogP contribution in [0.25, 0.3) is 0 Å². The summed E-state index contributed by atoms with van der Waals surface area (Å²) >= 11 is 0. The summed E-state index contributed by atoms with van der Waals surface area (Å²) in [7, 11) is 0. The van der Waals surface area contributed by atoms with Crippen LogP contribution in [0.1, 0.15) is 126 Å². The van der Waals surface area contributed by atoms with Gasteiger partial charge >= 0.3 is 6.03 Å². The van der Waals surface area contributed by atoms with E-state index < -0.39 is 23.5 Å². The lowest BCUT2D eigenvalue weighted by Crippen LogP contribution is -2.64. The number of nitrogens with one attached hydrogen (secondary N) is 4. The molecule has 0 aromatic heterocycles. The summed E-state index contributed by atoms with van der Waals surface area (Å²) in [4.78, 5) is 61.0. The predicted octanol–water partition coefficient (Wildman–Crippen LogP) is 4.21. The Kier molecular flexibility index (Phi) is 9.61. The lowest BCUT2D eigenvalue weighted by atomic mass is 9.69. The van der Waals surface area contributed by atoms with Gasteiger partial charge in [0.25, 0.3) is 0 Å². The Bertz CT molecular complexity index is 1490. The van der Waals surface area contributed by atoms with Gasteiger partial charge in [0.05, 0.1) is 11.7 Å². The van der Waals surface area contributed by atoms with Crippen LogP contribution in [0.4, 0.5) is 4.79 Å². The highest BCUT2D eigenvalue weighted by Gasteiger charge is 2.85. The number of rotatable bonds is 8. The number of amides is 4. The molecule has 2 spiro atoms. The number of hydrogen-bond acceptors (Lipinski definition) is 7. The van der Waals surface area contributed by atoms with Crippen molar-refractivity contribution in [1.82, 2.24) is 31.1 Å². The molecule has 0 aromatic carbocycles. The summed E-state index contributed by atoms with van der Waals surface area (Å²) in [6.07, 6.45) is 12.2. The summed E-state index contributed by atoms with van der Waals surface area (Å²) in [5.74, 6) is -0.0536. The molecule has 290 valence electrons. The number of urea groups is 1. The highest BCUT2D eigenvalue weighted by molar-refractivity contribution is 6.03. The first-order valence-electron chi connectivity index (χ1n) is 20.6. The van der Waals surface area contributed by atoms with Crippen LogP contribution < -0.4 is 27.0 Å². The lowest BCUT2D eigenvalue weighted by molar-refractivity contribution is -0.142. The van der Waals surface area contributed by atoms with Gasteiger partial charge in [-0.15, -0.1) is 0 Å². The molecule has 0 aromatic rings. The van der Waals surface area contributed by atoms with Gasteiger partial charge in [0.2, 0.25) is 17.6 Å². The Morgan fingerprint density at radius 2 is 1.69 bits per heavy atom. The number of carbonyl (C=O) groups excluding carboxylic acids is 4. The van der Waals surface area contributed by atoms with Crippen LogP contribution in [0.2, 0.25) is 0 Å². The van der Waals surface area contributed by atoms with Gasteiger partial charge in [0.15, 0.2) is 0 Å². The number of piperazine rings is 1. The maximum atomic E-state index is 15.0. The van der Waals surface area contributed by atoms with E-state index in [1.807, 2.05) is 20.8 Å². The van der Waals surface area contributed by atoms with Crippen molar-refractivity contribution in [1.29, 1.82) is 0 Å². The van der Waals surface area contributed by atoms with Gasteiger partial charge in [-0.2, -0.15) is 0 Å². The zero-order chi connectivity index (χ0) is 37.4. The van der Waals surface area contributed by atoms with Crippen LogP contribution in [-0.2, 0) is 14.4 Å². The second-order valence-corrected chi connectivity index (χ2v) is 20.0. The minimum absolute atomic E-state index is 0.00648. The minimum atomic E-state index is -0.841. The summed E-state index contributed by atoms with van der Waals surface area (Å²) < 4.78 is 0. The second kappa shape index (κ2) is 13.3. The highest BCUT2D eigenvalue weighted by atomic mass is 16.2. The minimum Gasteiger partial charge on any atom is -0.396 e. The third-order valence-corrected chi connectivity index (χ3v) is 15.7. The zero-order valence-corrected chi connectivity index (χ0v) is 33.1. The number of likely N-dealkylation sites (tertiary alicyclic amines) is 1. The molecule has 0 radical (unpaired) electrons. The van der Waals surface area contributed by atoms with Crippen molar-refractivity contribution < 1.29 is 19.2 Å². The first-order valence-corrected chi connectivity index (χ1v) is 20.6. The molecule has 11 nitrogen and oxygen atoms in total. The van der Waals surface area contributed by atoms with Crippen molar-refractivity contribution in [3.05, 3.63) is 11.3 Å². The molecule has 6 atom stereocenters. The SMILES string of the molecule is CC(C)(C)[C@@H](NC(=O)NC(CN1CCNCC1(C)C)C1CCCCC1)C(=O)N1CC2(CC1C(=O)NC1CC3CCC3=C(N)C1=O)C(C)(C)C21CCC1. The summed E-state index contributed by atoms with van der Waals surface area (Å²) in [6.45, 7) is 19.1. The third-order valence-electron chi connectivity index (χ3n) is 15.7. The molecular formula is C41H67N7O4. The topological polar surface area (TPSA) is 149 Å². The molecule has 2 aliphatic heterocycles. The third kappa shape index (κ3) is 6.08. The van der Waals surface area contributed by atoms with E-state index in [2.05, 4.69) is 53.9 Å². The number of ketones is 1. The molecule has 6 N–H and O–H groups in total. The number of carbonyl (C=O) groups is 4. The Balaban J connectivity index is 1.11. The molecule has 4 saturated carbocycles. The largest absolute Gasteiger partial charge is 0.396 e. The molecule has 52 heavy (non-hydrogen) atoms. The monoisotopic (exact) mass is 722 g/mol. The molecule has 7 rings (SSSR count). The molecule has 7 aliphatic rings. The van der Waals surface area contributed by atoms with E-state index in [1.54, 1.807) is 4.90 Å². The van der Waals surface area contributed by atoms with Gasteiger partial charge < -0.3 is 31.9 Å². The van der Waals surface area contributed by atoms with Crippen LogP contribution in [-0.4, -0.2) is 95.9 Å². The quantitative estimate of drug-likeness (QED) is 0.252. The standard InChI is InChI=1S/C41H67N7O4/c1-37(2,3)33(46-36(52)45-29(25-12-9-8-10-13-25)22-47-19-18-43-23-38(47,4)5)35(51)48-24-41(39(6,7)40(41)16-11-17-40)21-30(48)34(50)44-28-20-26-14-15-27(26)31(42)32(28)49/h25-26,28-30,33,43H,8-24,42H2,1-7H3,(H,44,50)(H2,45,46,52)/t26?,28?,29?,30?,33-,41?/m0/s1. The average Bonchev–Trinajstić information content (AvgIpc) is 3.26. The molecule has 5 aliphatic carbocycles. The molecule has 2 heterocycles. The maximum absolute atomic E-state index is 15.0. The Labute approximate surface area is 311 Å². The van der Waals surface area contributed by atoms with E-state index >= 15 is 0 Å². The number of allylic oxidation sites excluding steroid dienone is 1. The van der Waals surface area contributed by atoms with Gasteiger partial charge in [0.1, 0.15) is 12.1 Å². The van der Waals surface area contributed by atoms with Crippen molar-refractivity contribution in [2.45, 2.75) is 155 Å². The first-order chi connectivity index (χ1) is 24.4. The first kappa shape index (κ1) is 37.6. The maximum Gasteiger partial charge on any atom is 0.315 e. The molecular weight excluding hydrogens is 654 g/mol. The van der Waals surface area contributed by atoms with Crippen molar-refractivity contribution in [3.63, 3.8) is 0 Å². The van der Waals surface area contributed by atoms with E-state index in [9.17, 15) is 19.2 Å². The van der Waals surface area contributed by atoms with Gasteiger partial charge in [-0.05, 0) is 98.9 Å². The predicted molar refractivity (Wildman–Crippen MR) is 202 cm³/mol. The fourth-order valence-corrected chi connectivity index (χ4v) is 11.9. The number of hydrogen-bond donors (Lipinski definition) is 5. The number of Topliss-reactive ketones (excluding diaryl/α,β-unsaturated/α-hetero) is 1. The molecule has 2 saturated heterocycles. The zero-order valence-electron chi connectivity index (χ0n) is 33.1. The second-order valence-electron chi connectivity index (χ2n) is 20.0. The van der Waals surface area contributed by atoms with Crippen LogP contribution in [0, 0.1) is 33.5 Å². The molecule has 4 amide bonds. The van der Waals surface area contributed by atoms with Gasteiger partial charge in [-0.25, -0.2) is 4.79 Å². The van der Waals surface area contributed by atoms with Gasteiger partial charge in [-0.1, -0.05) is 60.3 Å². The fourth-order valence-electron chi connectivity index (χ4n) is 11.9. The van der Waals surface area contributed by atoms with Gasteiger partial charge in [0, 0.05) is 49.7 Å². The van der Waals surface area contributed by atoms with E-state index in [0.29, 0.717) is 31.0 Å². The lowest BCUT2D eigenvalue weighted by Gasteiger charge is -2.46. The molecule has 11 heteroatoms. The Morgan fingerprint density at radius 1 is 0.981 bits per heavy atom. The van der Waals surface area contributed by atoms with Crippen LogP contribution in [0.15, 0.2) is 11.3 Å². The van der Waals surface area contributed by atoms with Crippen molar-refractivity contribution in [2.24, 2.45) is 39.2 Å². The molecule has 6 fully saturated rings. The summed E-state index contributed by atoms with van der Waals surface area (Å²) in [6, 6.07) is -2.57. The number of nitrogens with zero attached hydrogens (tertiary/aromatic N) is 2. The van der Waals surface area contributed by atoms with Crippen molar-refractivity contribution in [2.75, 3.05) is 32.7 Å². The number of fused-ring (bicyclic) bond motifs is 2. The van der Waals surface area contributed by atoms with E-state index in [4.69, 9.17) is 5.73 Å². The average molecular weight is 722 g/mol. The van der Waals surface area contributed by atoms with Crippen molar-refractivity contribution >= 4 is 23.6 Å². The molecule has 5 unspecified atom stereocenters. The molecule has 0 bridgehead atoms. The number of nitrogens with two attached hydrogens (primary N) is 1. The highest BCUT2D eigenvalue weighted by Crippen LogP contribution is 2.88.